The second-order valence-corrected chi connectivity index (χ2v) is 5.47. The number of benzene rings is 1. The van der Waals surface area contributed by atoms with Gasteiger partial charge in [-0.3, -0.25) is 0 Å². The summed E-state index contributed by atoms with van der Waals surface area (Å²) < 4.78 is 36.5. The zero-order valence-corrected chi connectivity index (χ0v) is 12.9. The molecule has 0 spiro atoms. The Labute approximate surface area is 132 Å². The molecule has 1 atom stereocenters. The Balaban J connectivity index is 1.84. The van der Waals surface area contributed by atoms with Gasteiger partial charge in [0.2, 0.25) is 5.76 Å². The molecule has 1 aliphatic carbocycles. The number of hydrogen-bond acceptors (Lipinski definition) is 5. The first-order chi connectivity index (χ1) is 11.2. The fourth-order valence-corrected chi connectivity index (χ4v) is 2.91. The highest BCUT2D eigenvalue weighted by atomic mass is 19.1. The molecule has 2 heterocycles. The quantitative estimate of drug-likeness (QED) is 0.858. The van der Waals surface area contributed by atoms with Crippen LogP contribution in [0.3, 0.4) is 0 Å². The van der Waals surface area contributed by atoms with Crippen LogP contribution in [-0.4, -0.2) is 25.0 Å². The maximum atomic E-state index is 14.2. The number of hydrogen-bond donors (Lipinski definition) is 0. The monoisotopic (exact) mass is 317 g/mol. The minimum Gasteiger partial charge on any atom is -0.497 e. The van der Waals surface area contributed by atoms with E-state index in [-0.39, 0.29) is 17.4 Å². The summed E-state index contributed by atoms with van der Waals surface area (Å²) in [5.41, 5.74) is 1.87. The zero-order chi connectivity index (χ0) is 16.0. The molecule has 0 saturated heterocycles. The first-order valence-electron chi connectivity index (χ1n) is 7.59. The third kappa shape index (κ3) is 2.09. The Bertz CT molecular complexity index is 796. The van der Waals surface area contributed by atoms with Gasteiger partial charge in [-0.25, -0.2) is 4.39 Å². The predicted octanol–water partition coefficient (Wildman–Crippen LogP) is 3.79. The fourth-order valence-electron chi connectivity index (χ4n) is 2.91. The Morgan fingerprint density at radius 2 is 2.26 bits per heavy atom. The molecule has 2 aliphatic rings. The van der Waals surface area contributed by atoms with Crippen molar-refractivity contribution in [3.63, 3.8) is 0 Å². The van der Waals surface area contributed by atoms with Gasteiger partial charge in [-0.05, 0) is 38.0 Å². The van der Waals surface area contributed by atoms with Gasteiger partial charge in [-0.2, -0.15) is 0 Å². The lowest BCUT2D eigenvalue weighted by atomic mass is 9.85. The molecule has 23 heavy (non-hydrogen) atoms. The largest absolute Gasteiger partial charge is 0.497 e. The van der Waals surface area contributed by atoms with E-state index in [1.54, 1.807) is 12.1 Å². The molecule has 0 bridgehead atoms. The molecule has 0 amide bonds. The minimum atomic E-state index is -0.422. The van der Waals surface area contributed by atoms with Crippen molar-refractivity contribution in [1.29, 1.82) is 0 Å². The molecule has 1 unspecified atom stereocenters. The van der Waals surface area contributed by atoms with Crippen molar-refractivity contribution in [2.45, 2.75) is 25.9 Å². The summed E-state index contributed by atoms with van der Waals surface area (Å²) in [6.45, 7) is 2.44. The molecule has 0 N–H and O–H groups in total. The molecule has 1 aliphatic heterocycles. The summed E-state index contributed by atoms with van der Waals surface area (Å²) in [5, 5.41) is 4.06. The molecule has 1 fully saturated rings. The standard InChI is InChI=1S/C17H16FNO4/c1-3-21-15-10-5-7-13(10)22-17-14(15)19-23-16(17)11-8-9(20-2)4-6-12(11)18/h4,6,8,13H,3,5,7H2,1-2H3. The molecule has 1 aromatic carbocycles. The lowest BCUT2D eigenvalue weighted by molar-refractivity contribution is 0.162. The van der Waals surface area contributed by atoms with Crippen LogP contribution in [0.4, 0.5) is 4.39 Å². The lowest BCUT2D eigenvalue weighted by Crippen LogP contribution is -2.33. The van der Waals surface area contributed by atoms with E-state index >= 15 is 0 Å². The van der Waals surface area contributed by atoms with E-state index in [1.165, 1.54) is 13.2 Å². The van der Waals surface area contributed by atoms with Crippen molar-refractivity contribution in [3.05, 3.63) is 35.3 Å². The highest BCUT2D eigenvalue weighted by molar-refractivity contribution is 5.78. The van der Waals surface area contributed by atoms with Crippen LogP contribution in [0.1, 0.15) is 25.5 Å². The number of methoxy groups -OCH3 is 1. The van der Waals surface area contributed by atoms with Crippen LogP contribution in [0.25, 0.3) is 17.1 Å². The van der Waals surface area contributed by atoms with E-state index in [0.717, 1.165) is 18.4 Å². The molecule has 1 aromatic heterocycles. The van der Waals surface area contributed by atoms with E-state index in [4.69, 9.17) is 18.7 Å². The minimum absolute atomic E-state index is 0.0316. The fraction of sp³-hybridized carbons (Fsp3) is 0.353. The van der Waals surface area contributed by atoms with Crippen LogP contribution >= 0.6 is 0 Å². The van der Waals surface area contributed by atoms with Gasteiger partial charge in [0.15, 0.2) is 17.2 Å². The summed E-state index contributed by atoms with van der Waals surface area (Å²) in [5.74, 6) is 1.53. The second kappa shape index (κ2) is 5.30. The summed E-state index contributed by atoms with van der Waals surface area (Å²) in [7, 11) is 1.53. The molecule has 120 valence electrons. The molecule has 2 aromatic rings. The van der Waals surface area contributed by atoms with Gasteiger partial charge in [0.1, 0.15) is 17.7 Å². The van der Waals surface area contributed by atoms with Crippen LogP contribution < -0.4 is 9.47 Å². The zero-order valence-electron chi connectivity index (χ0n) is 12.9. The van der Waals surface area contributed by atoms with Crippen molar-refractivity contribution in [2.24, 2.45) is 0 Å². The molecule has 5 nitrogen and oxygen atoms in total. The summed E-state index contributed by atoms with van der Waals surface area (Å²) in [6, 6.07) is 4.46. The Morgan fingerprint density at radius 1 is 1.39 bits per heavy atom. The van der Waals surface area contributed by atoms with E-state index < -0.39 is 5.82 Å². The van der Waals surface area contributed by atoms with E-state index in [0.29, 0.717) is 29.6 Å². The van der Waals surface area contributed by atoms with Crippen LogP contribution in [0, 0.1) is 5.82 Å². The summed E-state index contributed by atoms with van der Waals surface area (Å²) in [6.07, 6.45) is 1.81. The second-order valence-electron chi connectivity index (χ2n) is 5.47. The van der Waals surface area contributed by atoms with Crippen molar-refractivity contribution < 1.29 is 23.1 Å². The molecular formula is C17H16FNO4. The van der Waals surface area contributed by atoms with E-state index in [2.05, 4.69) is 5.16 Å². The Hall–Kier alpha value is -2.50. The van der Waals surface area contributed by atoms with E-state index in [9.17, 15) is 4.39 Å². The number of fused-ring (bicyclic) bond motifs is 2. The normalized spacial score (nSPS) is 18.7. The van der Waals surface area contributed by atoms with Gasteiger partial charge in [0.25, 0.3) is 0 Å². The van der Waals surface area contributed by atoms with Gasteiger partial charge in [0.05, 0.1) is 19.3 Å². The highest BCUT2D eigenvalue weighted by Crippen LogP contribution is 2.48. The highest BCUT2D eigenvalue weighted by Gasteiger charge is 2.40. The average molecular weight is 317 g/mol. The van der Waals surface area contributed by atoms with Crippen molar-refractivity contribution in [2.75, 3.05) is 13.7 Å². The third-order valence-corrected chi connectivity index (χ3v) is 4.19. The van der Waals surface area contributed by atoms with Gasteiger partial charge < -0.3 is 18.7 Å². The maximum Gasteiger partial charge on any atom is 0.212 e. The van der Waals surface area contributed by atoms with Gasteiger partial charge >= 0.3 is 0 Å². The van der Waals surface area contributed by atoms with Gasteiger partial charge in [0, 0.05) is 5.57 Å². The van der Waals surface area contributed by atoms with Crippen molar-refractivity contribution in [3.8, 4) is 22.8 Å². The average Bonchev–Trinajstić information content (AvgIpc) is 2.94. The number of halogens is 1. The van der Waals surface area contributed by atoms with Crippen molar-refractivity contribution in [1.82, 2.24) is 5.16 Å². The molecule has 6 heteroatoms. The topological polar surface area (TPSA) is 53.7 Å². The van der Waals surface area contributed by atoms with Crippen LogP contribution in [0.15, 0.2) is 28.3 Å². The predicted molar refractivity (Wildman–Crippen MR) is 80.6 cm³/mol. The molecule has 1 saturated carbocycles. The van der Waals surface area contributed by atoms with Crippen LogP contribution in [0.5, 0.6) is 11.5 Å². The van der Waals surface area contributed by atoms with Crippen molar-refractivity contribution >= 4 is 5.76 Å². The molecular weight excluding hydrogens is 301 g/mol. The maximum absolute atomic E-state index is 14.2. The molecule has 0 radical (unpaired) electrons. The van der Waals surface area contributed by atoms with E-state index in [1.807, 2.05) is 6.92 Å². The molecule has 4 rings (SSSR count). The summed E-state index contributed by atoms with van der Waals surface area (Å²) >= 11 is 0. The number of aromatic nitrogens is 1. The van der Waals surface area contributed by atoms with Crippen LogP contribution in [-0.2, 0) is 4.74 Å². The number of nitrogens with zero attached hydrogens (tertiary/aromatic N) is 1. The smallest absolute Gasteiger partial charge is 0.212 e. The third-order valence-electron chi connectivity index (χ3n) is 4.19. The first kappa shape index (κ1) is 14.1. The Morgan fingerprint density at radius 3 is 2.96 bits per heavy atom. The SMILES string of the molecule is CCOC1=C2CCC2Oc2c1noc2-c1cc(OC)ccc1F. The Kier molecular flexibility index (Phi) is 3.25. The lowest BCUT2D eigenvalue weighted by Gasteiger charge is -2.35. The van der Waals surface area contributed by atoms with Gasteiger partial charge in [-0.1, -0.05) is 5.16 Å². The number of rotatable bonds is 4. The number of ether oxygens (including phenoxy) is 3. The van der Waals surface area contributed by atoms with Crippen LogP contribution in [0.2, 0.25) is 0 Å². The first-order valence-corrected chi connectivity index (χ1v) is 7.59. The van der Waals surface area contributed by atoms with Gasteiger partial charge in [-0.15, -0.1) is 0 Å². The summed E-state index contributed by atoms with van der Waals surface area (Å²) in [4.78, 5) is 0.